The second-order valence-electron chi connectivity index (χ2n) is 4.35. The molecule has 1 fully saturated rings. The van der Waals surface area contributed by atoms with Crippen molar-refractivity contribution in [3.8, 4) is 0 Å². The van der Waals surface area contributed by atoms with Crippen molar-refractivity contribution in [2.24, 2.45) is 0 Å². The lowest BCUT2D eigenvalue weighted by Crippen LogP contribution is -2.26. The average Bonchev–Trinajstić information content (AvgIpc) is 2.23. The second-order valence-corrected chi connectivity index (χ2v) is 4.35. The molecule has 1 nitrogen and oxygen atoms in total. The van der Waals surface area contributed by atoms with Crippen LogP contribution in [0.15, 0.2) is 18.2 Å². The first-order valence-electron chi connectivity index (χ1n) is 5.58. The van der Waals surface area contributed by atoms with Crippen molar-refractivity contribution >= 4 is 0 Å². The number of benzene rings is 1. The van der Waals surface area contributed by atoms with Crippen molar-refractivity contribution in [2.45, 2.75) is 39.2 Å². The van der Waals surface area contributed by atoms with Gasteiger partial charge in [-0.05, 0) is 49.9 Å². The van der Waals surface area contributed by atoms with E-state index in [2.05, 4.69) is 37.4 Å². The first-order valence-corrected chi connectivity index (χ1v) is 5.58. The summed E-state index contributed by atoms with van der Waals surface area (Å²) >= 11 is 0. The summed E-state index contributed by atoms with van der Waals surface area (Å²) < 4.78 is 0. The molecule has 1 aliphatic rings. The quantitative estimate of drug-likeness (QED) is 0.715. The lowest BCUT2D eigenvalue weighted by molar-refractivity contribution is 0.412. The van der Waals surface area contributed by atoms with E-state index in [9.17, 15) is 0 Å². The van der Waals surface area contributed by atoms with Crippen LogP contribution in [-0.4, -0.2) is 6.54 Å². The highest BCUT2D eigenvalue weighted by Gasteiger charge is 2.14. The normalized spacial score (nSPS) is 22.3. The zero-order chi connectivity index (χ0) is 9.97. The maximum absolute atomic E-state index is 3.58. The Morgan fingerprint density at radius 3 is 2.64 bits per heavy atom. The summed E-state index contributed by atoms with van der Waals surface area (Å²) in [6, 6.07) is 7.44. The van der Waals surface area contributed by atoms with E-state index in [-0.39, 0.29) is 0 Å². The van der Waals surface area contributed by atoms with Crippen molar-refractivity contribution in [2.75, 3.05) is 6.54 Å². The summed E-state index contributed by atoms with van der Waals surface area (Å²) in [5.41, 5.74) is 4.27. The molecule has 14 heavy (non-hydrogen) atoms. The van der Waals surface area contributed by atoms with Crippen LogP contribution < -0.4 is 5.32 Å². The van der Waals surface area contributed by atoms with Crippen LogP contribution in [0.3, 0.4) is 0 Å². The summed E-state index contributed by atoms with van der Waals surface area (Å²) in [6.45, 7) is 5.55. The third-order valence-electron chi connectivity index (χ3n) is 3.24. The van der Waals surface area contributed by atoms with Gasteiger partial charge in [-0.3, -0.25) is 0 Å². The largest absolute Gasteiger partial charge is 0.310 e. The van der Waals surface area contributed by atoms with E-state index in [0.29, 0.717) is 6.04 Å². The van der Waals surface area contributed by atoms with Crippen LogP contribution in [0.25, 0.3) is 0 Å². The van der Waals surface area contributed by atoms with Gasteiger partial charge in [-0.2, -0.15) is 0 Å². The van der Waals surface area contributed by atoms with E-state index in [0.717, 1.165) is 0 Å². The summed E-state index contributed by atoms with van der Waals surface area (Å²) in [7, 11) is 0. The molecule has 1 aliphatic heterocycles. The number of piperidine rings is 1. The Balaban J connectivity index is 2.18. The highest BCUT2D eigenvalue weighted by Crippen LogP contribution is 2.24. The minimum atomic E-state index is 0.600. The zero-order valence-corrected chi connectivity index (χ0v) is 9.14. The summed E-state index contributed by atoms with van der Waals surface area (Å²) in [5, 5.41) is 3.58. The van der Waals surface area contributed by atoms with Crippen LogP contribution in [0, 0.1) is 13.8 Å². The van der Waals surface area contributed by atoms with Gasteiger partial charge in [-0.1, -0.05) is 24.6 Å². The van der Waals surface area contributed by atoms with Gasteiger partial charge < -0.3 is 5.32 Å². The molecule has 1 heteroatoms. The van der Waals surface area contributed by atoms with Crippen molar-refractivity contribution in [3.05, 3.63) is 34.9 Å². The van der Waals surface area contributed by atoms with Gasteiger partial charge in [0, 0.05) is 6.04 Å². The lowest BCUT2D eigenvalue weighted by Gasteiger charge is -2.24. The van der Waals surface area contributed by atoms with Crippen LogP contribution in [0.2, 0.25) is 0 Å². The van der Waals surface area contributed by atoms with Crippen molar-refractivity contribution in [1.82, 2.24) is 5.32 Å². The molecular weight excluding hydrogens is 170 g/mol. The Bertz CT molecular complexity index is 311. The summed E-state index contributed by atoms with van der Waals surface area (Å²) in [5.74, 6) is 0. The SMILES string of the molecule is Cc1ccc([C@H]2CCCCN2)cc1C. The molecule has 1 atom stereocenters. The fraction of sp³-hybridized carbons (Fsp3) is 0.538. The van der Waals surface area contributed by atoms with Crippen molar-refractivity contribution in [1.29, 1.82) is 0 Å². The Hall–Kier alpha value is -0.820. The number of aryl methyl sites for hydroxylation is 2. The topological polar surface area (TPSA) is 12.0 Å². The molecule has 0 aromatic heterocycles. The molecule has 1 N–H and O–H groups in total. The van der Waals surface area contributed by atoms with Gasteiger partial charge in [0.05, 0.1) is 0 Å². The molecule has 0 radical (unpaired) electrons. The Morgan fingerprint density at radius 1 is 1.14 bits per heavy atom. The molecule has 0 unspecified atom stereocenters. The standard InChI is InChI=1S/C13H19N/c1-10-6-7-12(9-11(10)2)13-5-3-4-8-14-13/h6-7,9,13-14H,3-5,8H2,1-2H3/t13-/m1/s1. The highest BCUT2D eigenvalue weighted by molar-refractivity contribution is 5.31. The van der Waals surface area contributed by atoms with E-state index < -0.39 is 0 Å². The molecule has 1 aromatic carbocycles. The molecule has 1 heterocycles. The Morgan fingerprint density at radius 2 is 2.00 bits per heavy atom. The minimum Gasteiger partial charge on any atom is -0.310 e. The molecular formula is C13H19N. The fourth-order valence-electron chi connectivity index (χ4n) is 2.12. The number of nitrogens with one attached hydrogen (secondary N) is 1. The van der Waals surface area contributed by atoms with Crippen LogP contribution in [0.4, 0.5) is 0 Å². The molecule has 1 saturated heterocycles. The Labute approximate surface area is 86.5 Å². The predicted molar refractivity (Wildman–Crippen MR) is 60.5 cm³/mol. The number of rotatable bonds is 1. The number of hydrogen-bond acceptors (Lipinski definition) is 1. The van der Waals surface area contributed by atoms with Gasteiger partial charge in [0.15, 0.2) is 0 Å². The number of hydrogen-bond donors (Lipinski definition) is 1. The van der Waals surface area contributed by atoms with Crippen molar-refractivity contribution < 1.29 is 0 Å². The average molecular weight is 189 g/mol. The smallest absolute Gasteiger partial charge is 0.0320 e. The summed E-state index contributed by atoms with van der Waals surface area (Å²) in [4.78, 5) is 0. The molecule has 0 spiro atoms. The van der Waals surface area contributed by atoms with Gasteiger partial charge >= 0.3 is 0 Å². The van der Waals surface area contributed by atoms with Gasteiger partial charge in [-0.15, -0.1) is 0 Å². The van der Waals surface area contributed by atoms with Crippen LogP contribution in [0.1, 0.15) is 42.0 Å². The predicted octanol–water partition coefficient (Wildman–Crippen LogP) is 3.12. The van der Waals surface area contributed by atoms with E-state index in [4.69, 9.17) is 0 Å². The molecule has 2 rings (SSSR count). The first kappa shape index (κ1) is 9.72. The van der Waals surface area contributed by atoms with E-state index >= 15 is 0 Å². The third kappa shape index (κ3) is 1.98. The highest BCUT2D eigenvalue weighted by atomic mass is 14.9. The summed E-state index contributed by atoms with van der Waals surface area (Å²) in [6.07, 6.45) is 3.99. The molecule has 1 aromatic rings. The van der Waals surface area contributed by atoms with Gasteiger partial charge in [0.25, 0.3) is 0 Å². The third-order valence-corrected chi connectivity index (χ3v) is 3.24. The first-order chi connectivity index (χ1) is 6.77. The van der Waals surface area contributed by atoms with Gasteiger partial charge in [-0.25, -0.2) is 0 Å². The van der Waals surface area contributed by atoms with Gasteiger partial charge in [0.1, 0.15) is 0 Å². The van der Waals surface area contributed by atoms with Crippen LogP contribution in [0.5, 0.6) is 0 Å². The van der Waals surface area contributed by atoms with Crippen LogP contribution in [-0.2, 0) is 0 Å². The van der Waals surface area contributed by atoms with E-state index in [1.807, 2.05) is 0 Å². The van der Waals surface area contributed by atoms with E-state index in [1.54, 1.807) is 0 Å². The fourth-order valence-corrected chi connectivity index (χ4v) is 2.12. The van der Waals surface area contributed by atoms with Crippen LogP contribution >= 0.6 is 0 Å². The lowest BCUT2D eigenvalue weighted by atomic mass is 9.95. The zero-order valence-electron chi connectivity index (χ0n) is 9.14. The molecule has 0 aliphatic carbocycles. The van der Waals surface area contributed by atoms with E-state index in [1.165, 1.54) is 42.5 Å². The molecule has 76 valence electrons. The van der Waals surface area contributed by atoms with Gasteiger partial charge in [0.2, 0.25) is 0 Å². The monoisotopic (exact) mass is 189 g/mol. The minimum absolute atomic E-state index is 0.600. The van der Waals surface area contributed by atoms with Crippen molar-refractivity contribution in [3.63, 3.8) is 0 Å². The Kier molecular flexibility index (Phi) is 2.87. The molecule has 0 amide bonds. The maximum Gasteiger partial charge on any atom is 0.0320 e. The second kappa shape index (κ2) is 4.14. The maximum atomic E-state index is 3.58. The molecule has 0 bridgehead atoms. The molecule has 0 saturated carbocycles.